The van der Waals surface area contributed by atoms with Gasteiger partial charge in [-0.05, 0) is 81.6 Å². The molecule has 28 heavy (non-hydrogen) atoms. The number of halogens is 3. The molecule has 6 nitrogen and oxygen atoms in total. The Bertz CT molecular complexity index is 867. The zero-order valence-corrected chi connectivity index (χ0v) is 19.1. The Kier molecular flexibility index (Phi) is 8.15. The Balaban J connectivity index is 2.11. The number of carbonyl (C=O) groups is 2. The third kappa shape index (κ3) is 7.00. The highest BCUT2D eigenvalue weighted by atomic mass is 79.9. The molecule has 9 heteroatoms. The number of hydrogen-bond acceptors (Lipinski definition) is 4. The SMILES string of the molecule is CC(C)Nc1cc(Cl)cc(COc2c(Br)cc(NC(=O)CC(=O)O)cc2Br)c1. The lowest BCUT2D eigenvalue weighted by molar-refractivity contribution is -0.139. The summed E-state index contributed by atoms with van der Waals surface area (Å²) in [6.45, 7) is 4.37. The van der Waals surface area contributed by atoms with Crippen LogP contribution in [-0.4, -0.2) is 23.0 Å². The largest absolute Gasteiger partial charge is 0.487 e. The predicted molar refractivity (Wildman–Crippen MR) is 117 cm³/mol. The van der Waals surface area contributed by atoms with Crippen LogP contribution in [-0.2, 0) is 16.2 Å². The molecule has 0 bridgehead atoms. The van der Waals surface area contributed by atoms with E-state index in [0.29, 0.717) is 25.4 Å². The molecule has 0 heterocycles. The van der Waals surface area contributed by atoms with E-state index in [9.17, 15) is 9.59 Å². The summed E-state index contributed by atoms with van der Waals surface area (Å²) in [7, 11) is 0. The number of aliphatic carboxylic acids is 1. The van der Waals surface area contributed by atoms with Gasteiger partial charge < -0.3 is 20.5 Å². The van der Waals surface area contributed by atoms with E-state index in [1.54, 1.807) is 12.1 Å². The lowest BCUT2D eigenvalue weighted by Gasteiger charge is -2.15. The van der Waals surface area contributed by atoms with Crippen LogP contribution >= 0.6 is 43.5 Å². The average molecular weight is 535 g/mol. The van der Waals surface area contributed by atoms with Gasteiger partial charge in [0.15, 0.2) is 0 Å². The molecular formula is C19H19Br2ClN2O4. The summed E-state index contributed by atoms with van der Waals surface area (Å²) in [5, 5.41) is 15.1. The van der Waals surface area contributed by atoms with E-state index in [1.807, 2.05) is 32.0 Å². The second-order valence-electron chi connectivity index (χ2n) is 6.32. The van der Waals surface area contributed by atoms with Gasteiger partial charge in [0.1, 0.15) is 18.8 Å². The fourth-order valence-corrected chi connectivity index (χ4v) is 4.09. The van der Waals surface area contributed by atoms with Gasteiger partial charge in [-0.2, -0.15) is 0 Å². The lowest BCUT2D eigenvalue weighted by Crippen LogP contribution is -2.16. The monoisotopic (exact) mass is 532 g/mol. The van der Waals surface area contributed by atoms with E-state index < -0.39 is 18.3 Å². The molecule has 0 aliphatic rings. The van der Waals surface area contributed by atoms with E-state index in [4.69, 9.17) is 21.4 Å². The number of nitrogens with one attached hydrogen (secondary N) is 2. The Labute approximate surface area is 184 Å². The minimum atomic E-state index is -1.19. The number of carboxylic acids is 1. The Morgan fingerprint density at radius 2 is 1.75 bits per heavy atom. The van der Waals surface area contributed by atoms with Crippen molar-refractivity contribution in [2.45, 2.75) is 32.9 Å². The number of anilines is 2. The first-order valence-corrected chi connectivity index (χ1v) is 10.3. The van der Waals surface area contributed by atoms with Gasteiger partial charge in [-0.1, -0.05) is 11.6 Å². The van der Waals surface area contributed by atoms with Crippen molar-refractivity contribution in [2.75, 3.05) is 10.6 Å². The van der Waals surface area contributed by atoms with Crippen LogP contribution in [0.1, 0.15) is 25.8 Å². The first-order chi connectivity index (χ1) is 13.1. The molecule has 0 atom stereocenters. The van der Waals surface area contributed by atoms with Crippen molar-refractivity contribution in [3.63, 3.8) is 0 Å². The normalized spacial score (nSPS) is 10.6. The summed E-state index contributed by atoms with van der Waals surface area (Å²) in [6, 6.07) is 9.21. The van der Waals surface area contributed by atoms with Crippen molar-refractivity contribution in [1.82, 2.24) is 0 Å². The molecule has 2 aromatic carbocycles. The second-order valence-corrected chi connectivity index (χ2v) is 8.47. The quantitative estimate of drug-likeness (QED) is 0.380. The summed E-state index contributed by atoms with van der Waals surface area (Å²) in [6.07, 6.45) is -0.602. The topological polar surface area (TPSA) is 87.7 Å². The van der Waals surface area contributed by atoms with Gasteiger partial charge in [-0.3, -0.25) is 9.59 Å². The minimum Gasteiger partial charge on any atom is -0.487 e. The zero-order valence-electron chi connectivity index (χ0n) is 15.2. The molecule has 0 saturated heterocycles. The maximum atomic E-state index is 11.6. The van der Waals surface area contributed by atoms with Gasteiger partial charge in [0.2, 0.25) is 5.91 Å². The molecule has 2 aromatic rings. The van der Waals surface area contributed by atoms with Crippen molar-refractivity contribution in [1.29, 1.82) is 0 Å². The molecule has 0 unspecified atom stereocenters. The third-order valence-corrected chi connectivity index (χ3v) is 4.79. The molecule has 0 radical (unpaired) electrons. The van der Waals surface area contributed by atoms with Gasteiger partial charge in [-0.15, -0.1) is 0 Å². The number of ether oxygens (including phenoxy) is 1. The Morgan fingerprint density at radius 3 is 2.32 bits per heavy atom. The summed E-state index contributed by atoms with van der Waals surface area (Å²) >= 11 is 13.0. The van der Waals surface area contributed by atoms with Crippen LogP contribution in [0.4, 0.5) is 11.4 Å². The highest BCUT2D eigenvalue weighted by molar-refractivity contribution is 9.11. The molecule has 0 aromatic heterocycles. The van der Waals surface area contributed by atoms with Crippen molar-refractivity contribution < 1.29 is 19.4 Å². The average Bonchev–Trinajstić information content (AvgIpc) is 2.51. The molecule has 0 aliphatic carbocycles. The maximum absolute atomic E-state index is 11.6. The molecule has 0 fully saturated rings. The van der Waals surface area contributed by atoms with E-state index >= 15 is 0 Å². The van der Waals surface area contributed by atoms with E-state index in [-0.39, 0.29) is 12.6 Å². The standard InChI is InChI=1S/C19H19Br2ClN2O4/c1-10(2)23-13-4-11(3-12(22)5-13)9-28-19-15(20)6-14(7-16(19)21)24-17(25)8-18(26)27/h3-7,10,23H,8-9H2,1-2H3,(H,24,25)(H,26,27). The summed E-state index contributed by atoms with van der Waals surface area (Å²) in [5.74, 6) is -1.25. The van der Waals surface area contributed by atoms with E-state index in [1.165, 1.54) is 0 Å². The number of benzene rings is 2. The molecule has 150 valence electrons. The molecule has 1 amide bonds. The second kappa shape index (κ2) is 10.1. The Morgan fingerprint density at radius 1 is 1.11 bits per heavy atom. The summed E-state index contributed by atoms with van der Waals surface area (Å²) in [5.41, 5.74) is 2.26. The molecule has 3 N–H and O–H groups in total. The first-order valence-electron chi connectivity index (χ1n) is 8.33. The van der Waals surface area contributed by atoms with Gasteiger partial charge in [0.25, 0.3) is 0 Å². The van der Waals surface area contributed by atoms with Crippen molar-refractivity contribution >= 4 is 66.7 Å². The zero-order chi connectivity index (χ0) is 20.8. The van der Waals surface area contributed by atoms with Gasteiger partial charge in [-0.25, -0.2) is 0 Å². The van der Waals surface area contributed by atoms with Crippen LogP contribution in [0.5, 0.6) is 5.75 Å². The number of rotatable bonds is 8. The third-order valence-electron chi connectivity index (χ3n) is 3.39. The van der Waals surface area contributed by atoms with Crippen molar-refractivity contribution in [3.05, 3.63) is 49.9 Å². The number of amides is 1. The molecule has 0 aliphatic heterocycles. The maximum Gasteiger partial charge on any atom is 0.312 e. The van der Waals surface area contributed by atoms with Crippen molar-refractivity contribution in [3.8, 4) is 5.75 Å². The molecule has 0 saturated carbocycles. The van der Waals surface area contributed by atoms with Gasteiger partial charge >= 0.3 is 5.97 Å². The van der Waals surface area contributed by atoms with Crippen LogP contribution in [0.2, 0.25) is 5.02 Å². The van der Waals surface area contributed by atoms with Crippen LogP contribution in [0.3, 0.4) is 0 Å². The summed E-state index contributed by atoms with van der Waals surface area (Å²) < 4.78 is 7.12. The smallest absolute Gasteiger partial charge is 0.312 e. The highest BCUT2D eigenvalue weighted by Gasteiger charge is 2.13. The molecular weight excluding hydrogens is 515 g/mol. The van der Waals surface area contributed by atoms with E-state index in [2.05, 4.69) is 42.5 Å². The van der Waals surface area contributed by atoms with Gasteiger partial charge in [0.05, 0.1) is 8.95 Å². The van der Waals surface area contributed by atoms with Crippen LogP contribution in [0, 0.1) is 0 Å². The van der Waals surface area contributed by atoms with Crippen LogP contribution in [0.15, 0.2) is 39.3 Å². The highest BCUT2D eigenvalue weighted by Crippen LogP contribution is 2.37. The minimum absolute atomic E-state index is 0.277. The lowest BCUT2D eigenvalue weighted by atomic mass is 10.2. The number of carbonyl (C=O) groups excluding carboxylic acids is 1. The van der Waals surface area contributed by atoms with Crippen LogP contribution < -0.4 is 15.4 Å². The van der Waals surface area contributed by atoms with E-state index in [0.717, 1.165) is 11.3 Å². The number of carboxylic acid groups (broad SMARTS) is 1. The fraction of sp³-hybridized carbons (Fsp3) is 0.263. The Hall–Kier alpha value is -1.77. The fourth-order valence-electron chi connectivity index (χ4n) is 2.42. The molecule has 0 spiro atoms. The van der Waals surface area contributed by atoms with Gasteiger partial charge in [0, 0.05) is 22.4 Å². The predicted octanol–water partition coefficient (Wildman–Crippen LogP) is 5.68. The first kappa shape index (κ1) is 22.5. The summed E-state index contributed by atoms with van der Waals surface area (Å²) in [4.78, 5) is 22.2. The number of hydrogen-bond donors (Lipinski definition) is 3. The molecule has 2 rings (SSSR count). The van der Waals surface area contributed by atoms with Crippen molar-refractivity contribution in [2.24, 2.45) is 0 Å². The van der Waals surface area contributed by atoms with Crippen LogP contribution in [0.25, 0.3) is 0 Å².